The Balaban J connectivity index is 2.02. The highest BCUT2D eigenvalue weighted by atomic mass is 32.2. The summed E-state index contributed by atoms with van der Waals surface area (Å²) in [5.74, 6) is -0.503. The Kier molecular flexibility index (Phi) is 10.5. The van der Waals surface area contributed by atoms with Gasteiger partial charge in [0, 0.05) is 19.0 Å². The normalized spacial score (nSPS) is 22.8. The molecule has 204 valence electrons. The maximum Gasteiger partial charge on any atom is 0.328 e. The molecule has 3 unspecified atom stereocenters. The number of benzene rings is 1. The number of methoxy groups -OCH3 is 1. The summed E-state index contributed by atoms with van der Waals surface area (Å²) in [4.78, 5) is 54.1. The minimum atomic E-state index is -0.812. The molecule has 1 fully saturated rings. The summed E-state index contributed by atoms with van der Waals surface area (Å²) in [6.45, 7) is 4.47. The van der Waals surface area contributed by atoms with E-state index in [0.29, 0.717) is 38.0 Å². The van der Waals surface area contributed by atoms with Crippen molar-refractivity contribution >= 4 is 35.3 Å². The Hall–Kier alpha value is -2.43. The Morgan fingerprint density at radius 2 is 2.00 bits per heavy atom. The molecule has 2 amide bonds. The van der Waals surface area contributed by atoms with E-state index in [9.17, 15) is 19.2 Å². The van der Waals surface area contributed by atoms with Crippen molar-refractivity contribution in [3.63, 3.8) is 0 Å². The van der Waals surface area contributed by atoms with Gasteiger partial charge in [0.05, 0.1) is 19.2 Å². The van der Waals surface area contributed by atoms with Crippen LogP contribution in [0, 0.1) is 5.92 Å². The van der Waals surface area contributed by atoms with Crippen LogP contribution in [0.3, 0.4) is 0 Å². The van der Waals surface area contributed by atoms with Crippen LogP contribution in [0.4, 0.5) is 0 Å². The SMILES string of the molecule is CC[C@H](C)[C@H](N)C(C(=O)C1CCC(=O)N1)N1CCc2ccccc2[C@H]1C(=O)NC(CCSC)C(=O)OC. The molecule has 37 heavy (non-hydrogen) atoms. The summed E-state index contributed by atoms with van der Waals surface area (Å²) in [5, 5.41) is 5.70. The largest absolute Gasteiger partial charge is 0.467 e. The van der Waals surface area contributed by atoms with Gasteiger partial charge in [0.25, 0.3) is 0 Å². The first-order chi connectivity index (χ1) is 17.7. The first-order valence-electron chi connectivity index (χ1n) is 13.0. The molecule has 0 spiro atoms. The maximum absolute atomic E-state index is 13.9. The van der Waals surface area contributed by atoms with E-state index < -0.39 is 36.2 Å². The fourth-order valence-corrected chi connectivity index (χ4v) is 5.72. The Morgan fingerprint density at radius 1 is 1.27 bits per heavy atom. The predicted molar refractivity (Wildman–Crippen MR) is 144 cm³/mol. The number of hydrogen-bond acceptors (Lipinski definition) is 8. The van der Waals surface area contributed by atoms with E-state index in [0.717, 1.165) is 17.5 Å². The second kappa shape index (κ2) is 13.4. The number of thioether (sulfide) groups is 1. The van der Waals surface area contributed by atoms with Crippen LogP contribution in [-0.4, -0.2) is 78.3 Å². The monoisotopic (exact) mass is 532 g/mol. The van der Waals surface area contributed by atoms with Gasteiger partial charge in [-0.1, -0.05) is 44.5 Å². The number of nitrogens with one attached hydrogen (secondary N) is 2. The third kappa shape index (κ3) is 6.72. The van der Waals surface area contributed by atoms with E-state index in [2.05, 4.69) is 10.6 Å². The molecule has 3 rings (SSSR count). The third-order valence-electron chi connectivity index (χ3n) is 7.63. The van der Waals surface area contributed by atoms with Crippen molar-refractivity contribution in [2.45, 2.75) is 76.2 Å². The standard InChI is InChI=1S/C27H40N4O5S/c1-5-16(2)22(28)24(25(33)19-10-11-21(32)29-19)31-14-12-17-8-6-7-9-18(17)23(31)26(34)30-20(13-15-37-4)27(35)36-3/h6-9,16,19-20,22-24H,5,10-15,28H2,1-4H3,(H,29,32)(H,30,34)/t16-,19?,20?,22-,23-,24?/m0/s1. The summed E-state index contributed by atoms with van der Waals surface area (Å²) in [5.41, 5.74) is 8.56. The Bertz CT molecular complexity index is 989. The lowest BCUT2D eigenvalue weighted by atomic mass is 9.83. The molecule has 0 aliphatic carbocycles. The number of Topliss-reactive ketones (excluding diaryl/α,β-unsaturated/α-hetero) is 1. The fraction of sp³-hybridized carbons (Fsp3) is 0.630. The van der Waals surface area contributed by atoms with Crippen molar-refractivity contribution in [3.8, 4) is 0 Å². The minimum absolute atomic E-state index is 0.0105. The lowest BCUT2D eigenvalue weighted by Crippen LogP contribution is -2.62. The van der Waals surface area contributed by atoms with E-state index >= 15 is 0 Å². The Morgan fingerprint density at radius 3 is 2.62 bits per heavy atom. The summed E-state index contributed by atoms with van der Waals surface area (Å²) in [6.07, 6.45) is 4.50. The number of carbonyl (C=O) groups excluding carboxylic acids is 4. The number of hydrogen-bond donors (Lipinski definition) is 3. The molecule has 1 saturated heterocycles. The molecule has 1 aromatic carbocycles. The number of esters is 1. The molecule has 2 heterocycles. The number of fused-ring (bicyclic) bond motifs is 1. The lowest BCUT2D eigenvalue weighted by Gasteiger charge is -2.44. The van der Waals surface area contributed by atoms with Crippen LogP contribution in [-0.2, 0) is 30.3 Å². The molecule has 9 nitrogen and oxygen atoms in total. The number of ketones is 1. The van der Waals surface area contributed by atoms with Crippen molar-refractivity contribution in [2.24, 2.45) is 11.7 Å². The molecule has 2 aliphatic rings. The second-order valence-electron chi connectivity index (χ2n) is 9.92. The average molecular weight is 533 g/mol. The van der Waals surface area contributed by atoms with Crippen molar-refractivity contribution in [3.05, 3.63) is 35.4 Å². The number of amides is 2. The first-order valence-corrected chi connectivity index (χ1v) is 14.4. The molecule has 1 aromatic rings. The third-order valence-corrected chi connectivity index (χ3v) is 8.28. The van der Waals surface area contributed by atoms with Gasteiger partial charge in [-0.05, 0) is 48.3 Å². The molecule has 0 bridgehead atoms. The van der Waals surface area contributed by atoms with E-state index in [1.54, 1.807) is 11.8 Å². The van der Waals surface area contributed by atoms with Gasteiger partial charge >= 0.3 is 5.97 Å². The zero-order valence-corrected chi connectivity index (χ0v) is 23.0. The van der Waals surface area contributed by atoms with E-state index in [-0.39, 0.29) is 23.5 Å². The summed E-state index contributed by atoms with van der Waals surface area (Å²) >= 11 is 1.58. The van der Waals surface area contributed by atoms with Crippen LogP contribution in [0.5, 0.6) is 0 Å². The lowest BCUT2D eigenvalue weighted by molar-refractivity contribution is -0.146. The van der Waals surface area contributed by atoms with Gasteiger partial charge in [0.15, 0.2) is 5.78 Å². The molecule has 0 aromatic heterocycles. The van der Waals surface area contributed by atoms with Gasteiger partial charge in [0.1, 0.15) is 12.1 Å². The number of rotatable bonds is 12. The molecule has 0 radical (unpaired) electrons. The van der Waals surface area contributed by atoms with Crippen molar-refractivity contribution in [1.29, 1.82) is 0 Å². The smallest absolute Gasteiger partial charge is 0.328 e. The van der Waals surface area contributed by atoms with Gasteiger partial charge in [0.2, 0.25) is 11.8 Å². The first kappa shape index (κ1) is 29.1. The highest BCUT2D eigenvalue weighted by molar-refractivity contribution is 7.98. The highest BCUT2D eigenvalue weighted by Crippen LogP contribution is 2.34. The summed E-state index contributed by atoms with van der Waals surface area (Å²) in [6, 6.07) is 4.14. The van der Waals surface area contributed by atoms with E-state index in [1.165, 1.54) is 7.11 Å². The van der Waals surface area contributed by atoms with Crippen LogP contribution in [0.15, 0.2) is 24.3 Å². The maximum atomic E-state index is 13.9. The second-order valence-corrected chi connectivity index (χ2v) is 10.9. The molecule has 0 saturated carbocycles. The molecular formula is C27H40N4O5S. The quantitative estimate of drug-likeness (QED) is 0.346. The highest BCUT2D eigenvalue weighted by Gasteiger charge is 2.46. The van der Waals surface area contributed by atoms with Gasteiger partial charge in [-0.2, -0.15) is 11.8 Å². The van der Waals surface area contributed by atoms with Crippen LogP contribution < -0.4 is 16.4 Å². The van der Waals surface area contributed by atoms with Crippen LogP contribution in [0.25, 0.3) is 0 Å². The molecule has 4 N–H and O–H groups in total. The molecule has 6 atom stereocenters. The Labute approximate surface area is 223 Å². The zero-order chi connectivity index (χ0) is 27.1. The summed E-state index contributed by atoms with van der Waals surface area (Å²) < 4.78 is 4.95. The van der Waals surface area contributed by atoms with Crippen LogP contribution in [0.1, 0.15) is 56.7 Å². The van der Waals surface area contributed by atoms with Crippen molar-refractivity contribution in [2.75, 3.05) is 25.7 Å². The number of carbonyl (C=O) groups is 4. The minimum Gasteiger partial charge on any atom is -0.467 e. The van der Waals surface area contributed by atoms with E-state index in [1.807, 2.05) is 49.3 Å². The number of nitrogens with zero attached hydrogens (tertiary/aromatic N) is 1. The average Bonchev–Trinajstić information content (AvgIpc) is 3.35. The van der Waals surface area contributed by atoms with Gasteiger partial charge < -0.3 is 21.1 Å². The van der Waals surface area contributed by atoms with Gasteiger partial charge in [-0.3, -0.25) is 19.3 Å². The van der Waals surface area contributed by atoms with Gasteiger partial charge in [-0.25, -0.2) is 4.79 Å². The zero-order valence-electron chi connectivity index (χ0n) is 22.2. The predicted octanol–water partition coefficient (Wildman–Crippen LogP) is 1.59. The van der Waals surface area contributed by atoms with Crippen molar-refractivity contribution < 1.29 is 23.9 Å². The van der Waals surface area contributed by atoms with Gasteiger partial charge in [-0.15, -0.1) is 0 Å². The summed E-state index contributed by atoms with van der Waals surface area (Å²) in [7, 11) is 1.30. The van der Waals surface area contributed by atoms with Crippen molar-refractivity contribution in [1.82, 2.24) is 15.5 Å². The topological polar surface area (TPSA) is 131 Å². The van der Waals surface area contributed by atoms with E-state index in [4.69, 9.17) is 10.5 Å². The number of ether oxygens (including phenoxy) is 1. The van der Waals surface area contributed by atoms with Crippen LogP contribution >= 0.6 is 11.8 Å². The van der Waals surface area contributed by atoms with Crippen LogP contribution in [0.2, 0.25) is 0 Å². The number of nitrogens with two attached hydrogens (primary N) is 1. The molecule has 2 aliphatic heterocycles. The molecule has 10 heteroatoms. The molecular weight excluding hydrogens is 492 g/mol. The fourth-order valence-electron chi connectivity index (χ4n) is 5.25.